The highest BCUT2D eigenvalue weighted by Crippen LogP contribution is 2.37. The van der Waals surface area contributed by atoms with Crippen molar-refractivity contribution in [1.29, 1.82) is 0 Å². The number of hydrogen-bond acceptors (Lipinski definition) is 5. The third-order valence-electron chi connectivity index (χ3n) is 2.43. The van der Waals surface area contributed by atoms with Gasteiger partial charge in [0, 0.05) is 10.6 Å². The molecule has 1 aromatic carbocycles. The van der Waals surface area contributed by atoms with E-state index < -0.39 is 17.6 Å². The van der Waals surface area contributed by atoms with E-state index in [4.69, 9.17) is 32.5 Å². The van der Waals surface area contributed by atoms with Gasteiger partial charge in [0.05, 0.1) is 12.3 Å². The van der Waals surface area contributed by atoms with Gasteiger partial charge in [-0.3, -0.25) is 0 Å². The van der Waals surface area contributed by atoms with Gasteiger partial charge >= 0.3 is 5.97 Å². The Bertz CT molecular complexity index is 498. The Morgan fingerprint density at radius 3 is 2.50 bits per heavy atom. The van der Waals surface area contributed by atoms with Crippen LogP contribution >= 0.6 is 11.6 Å². The third kappa shape index (κ3) is 4.02. The number of hydrogen-bond donors (Lipinski definition) is 2. The SMILES string of the molecule is CCOc1c(N)ccc(Cl)c1C(N)C(=O)OC(C)(C)C. The van der Waals surface area contributed by atoms with Crippen molar-refractivity contribution in [3.05, 3.63) is 22.7 Å². The molecular formula is C14H21ClN2O3. The van der Waals surface area contributed by atoms with Crippen LogP contribution in [0.1, 0.15) is 39.3 Å². The topological polar surface area (TPSA) is 87.6 Å². The van der Waals surface area contributed by atoms with Crippen molar-refractivity contribution < 1.29 is 14.3 Å². The first-order valence-corrected chi connectivity index (χ1v) is 6.74. The van der Waals surface area contributed by atoms with Crippen molar-refractivity contribution >= 4 is 23.3 Å². The molecule has 0 aliphatic carbocycles. The molecule has 0 fully saturated rings. The predicted octanol–water partition coefficient (Wildman–Crippen LogP) is 2.66. The number of halogens is 1. The van der Waals surface area contributed by atoms with E-state index in [1.807, 2.05) is 6.92 Å². The molecule has 1 rings (SSSR count). The lowest BCUT2D eigenvalue weighted by Gasteiger charge is -2.24. The molecule has 0 aromatic heterocycles. The second kappa shape index (κ2) is 6.33. The summed E-state index contributed by atoms with van der Waals surface area (Å²) in [6.07, 6.45) is 0. The number of nitrogen functional groups attached to an aromatic ring is 1. The molecule has 1 aromatic rings. The number of benzene rings is 1. The number of carbonyl (C=O) groups excluding carboxylic acids is 1. The van der Waals surface area contributed by atoms with Gasteiger partial charge in [-0.15, -0.1) is 0 Å². The highest BCUT2D eigenvalue weighted by molar-refractivity contribution is 6.32. The molecule has 0 amide bonds. The van der Waals surface area contributed by atoms with E-state index in [0.717, 1.165) is 0 Å². The first kappa shape index (κ1) is 16.6. The number of nitrogens with two attached hydrogens (primary N) is 2. The maximum absolute atomic E-state index is 12.1. The van der Waals surface area contributed by atoms with Crippen LogP contribution in [0.2, 0.25) is 5.02 Å². The van der Waals surface area contributed by atoms with Crippen LogP contribution < -0.4 is 16.2 Å². The lowest BCUT2D eigenvalue weighted by Crippen LogP contribution is -2.32. The lowest BCUT2D eigenvalue weighted by molar-refractivity contribution is -0.156. The Morgan fingerprint density at radius 1 is 1.40 bits per heavy atom. The smallest absolute Gasteiger partial charge is 0.328 e. The Morgan fingerprint density at radius 2 is 2.00 bits per heavy atom. The summed E-state index contributed by atoms with van der Waals surface area (Å²) in [6, 6.07) is 2.14. The maximum Gasteiger partial charge on any atom is 0.328 e. The lowest BCUT2D eigenvalue weighted by atomic mass is 10.0. The van der Waals surface area contributed by atoms with E-state index in [9.17, 15) is 4.79 Å². The largest absolute Gasteiger partial charge is 0.491 e. The molecule has 0 spiro atoms. The Labute approximate surface area is 124 Å². The average molecular weight is 301 g/mol. The zero-order valence-corrected chi connectivity index (χ0v) is 13.0. The number of rotatable bonds is 4. The predicted molar refractivity (Wildman–Crippen MR) is 79.8 cm³/mol. The Hall–Kier alpha value is -1.46. The Kier molecular flexibility index (Phi) is 5.25. The molecule has 0 saturated carbocycles. The molecular weight excluding hydrogens is 280 g/mol. The van der Waals surface area contributed by atoms with E-state index in [-0.39, 0.29) is 0 Å². The van der Waals surface area contributed by atoms with E-state index in [1.54, 1.807) is 32.9 Å². The summed E-state index contributed by atoms with van der Waals surface area (Å²) in [4.78, 5) is 12.1. The van der Waals surface area contributed by atoms with Crippen LogP contribution in [0.15, 0.2) is 12.1 Å². The van der Waals surface area contributed by atoms with E-state index in [2.05, 4.69) is 0 Å². The molecule has 112 valence electrons. The van der Waals surface area contributed by atoms with Gasteiger partial charge in [0.1, 0.15) is 17.4 Å². The van der Waals surface area contributed by atoms with Crippen molar-refractivity contribution in [3.63, 3.8) is 0 Å². The monoisotopic (exact) mass is 300 g/mol. The summed E-state index contributed by atoms with van der Waals surface area (Å²) in [5.74, 6) is -0.246. The summed E-state index contributed by atoms with van der Waals surface area (Å²) in [5.41, 5.74) is 11.9. The fraction of sp³-hybridized carbons (Fsp3) is 0.500. The van der Waals surface area contributed by atoms with Crippen LogP contribution in [0.4, 0.5) is 5.69 Å². The van der Waals surface area contributed by atoms with Gasteiger partial charge in [0.15, 0.2) is 0 Å². The molecule has 0 aliphatic heterocycles. The number of anilines is 1. The molecule has 1 unspecified atom stereocenters. The van der Waals surface area contributed by atoms with Crippen molar-refractivity contribution in [1.82, 2.24) is 0 Å². The second-order valence-corrected chi connectivity index (χ2v) is 5.73. The van der Waals surface area contributed by atoms with Crippen molar-refractivity contribution in [2.45, 2.75) is 39.3 Å². The van der Waals surface area contributed by atoms with Crippen molar-refractivity contribution in [2.24, 2.45) is 5.73 Å². The van der Waals surface area contributed by atoms with E-state index in [0.29, 0.717) is 28.6 Å². The van der Waals surface area contributed by atoms with Crippen LogP contribution in [0, 0.1) is 0 Å². The molecule has 0 aliphatic rings. The number of esters is 1. The zero-order chi connectivity index (χ0) is 15.5. The quantitative estimate of drug-likeness (QED) is 0.659. The summed E-state index contributed by atoms with van der Waals surface area (Å²) >= 11 is 6.12. The number of ether oxygens (including phenoxy) is 2. The normalized spacial score (nSPS) is 12.9. The molecule has 0 bridgehead atoms. The first-order chi connectivity index (χ1) is 9.17. The standard InChI is InChI=1S/C14H21ClN2O3/c1-5-19-12-9(16)7-6-8(15)10(12)11(17)13(18)20-14(2,3)4/h6-7,11H,5,16-17H2,1-4H3. The average Bonchev–Trinajstić information content (AvgIpc) is 2.31. The van der Waals surface area contributed by atoms with Gasteiger partial charge in [-0.2, -0.15) is 0 Å². The molecule has 0 heterocycles. The van der Waals surface area contributed by atoms with Crippen LogP contribution in [0.25, 0.3) is 0 Å². The van der Waals surface area contributed by atoms with E-state index >= 15 is 0 Å². The molecule has 0 saturated heterocycles. The summed E-state index contributed by atoms with van der Waals surface area (Å²) in [5, 5.41) is 0.320. The Balaban J connectivity index is 3.17. The summed E-state index contributed by atoms with van der Waals surface area (Å²) in [6.45, 7) is 7.49. The maximum atomic E-state index is 12.1. The third-order valence-corrected chi connectivity index (χ3v) is 2.76. The van der Waals surface area contributed by atoms with Crippen LogP contribution in [-0.2, 0) is 9.53 Å². The van der Waals surface area contributed by atoms with Crippen molar-refractivity contribution in [2.75, 3.05) is 12.3 Å². The summed E-state index contributed by atoms with van der Waals surface area (Å²) in [7, 11) is 0. The molecule has 5 nitrogen and oxygen atoms in total. The number of carbonyl (C=O) groups is 1. The van der Waals surface area contributed by atoms with Gasteiger partial charge in [-0.25, -0.2) is 4.79 Å². The van der Waals surface area contributed by atoms with Gasteiger partial charge in [0.25, 0.3) is 0 Å². The molecule has 20 heavy (non-hydrogen) atoms. The highest BCUT2D eigenvalue weighted by Gasteiger charge is 2.28. The van der Waals surface area contributed by atoms with Gasteiger partial charge in [-0.1, -0.05) is 11.6 Å². The first-order valence-electron chi connectivity index (χ1n) is 6.36. The minimum atomic E-state index is -1.05. The molecule has 4 N–H and O–H groups in total. The van der Waals surface area contributed by atoms with E-state index in [1.165, 1.54) is 0 Å². The zero-order valence-electron chi connectivity index (χ0n) is 12.2. The second-order valence-electron chi connectivity index (χ2n) is 5.32. The minimum absolute atomic E-state index is 0.320. The fourth-order valence-corrected chi connectivity index (χ4v) is 1.94. The highest BCUT2D eigenvalue weighted by atomic mass is 35.5. The van der Waals surface area contributed by atoms with Crippen molar-refractivity contribution in [3.8, 4) is 5.75 Å². The van der Waals surface area contributed by atoms with Gasteiger partial charge in [0.2, 0.25) is 0 Å². The molecule has 1 atom stereocenters. The molecule has 6 heteroatoms. The minimum Gasteiger partial charge on any atom is -0.491 e. The van der Waals surface area contributed by atoms with Crippen LogP contribution in [0.3, 0.4) is 0 Å². The van der Waals surface area contributed by atoms with Gasteiger partial charge < -0.3 is 20.9 Å². The van der Waals surface area contributed by atoms with Crippen LogP contribution in [0.5, 0.6) is 5.75 Å². The molecule has 0 radical (unpaired) electrons. The van der Waals surface area contributed by atoms with Crippen LogP contribution in [-0.4, -0.2) is 18.2 Å². The summed E-state index contributed by atoms with van der Waals surface area (Å²) < 4.78 is 10.7. The fourth-order valence-electron chi connectivity index (χ4n) is 1.67. The van der Waals surface area contributed by atoms with Gasteiger partial charge in [-0.05, 0) is 39.8 Å².